The van der Waals surface area contributed by atoms with Gasteiger partial charge in [0.05, 0.1) is 12.2 Å². The number of fused-ring (bicyclic) bond motifs is 1. The summed E-state index contributed by atoms with van der Waals surface area (Å²) >= 11 is 0. The minimum atomic E-state index is -0.837. The highest BCUT2D eigenvalue weighted by atomic mass is 19.2. The van der Waals surface area contributed by atoms with E-state index in [9.17, 15) is 8.78 Å². The molecule has 2 heterocycles. The molecule has 94 valence electrons. The van der Waals surface area contributed by atoms with E-state index in [1.807, 2.05) is 13.2 Å². The molecule has 0 unspecified atom stereocenters. The largest absolute Gasteiger partial charge is 0.332 e. The predicted molar refractivity (Wildman–Crippen MR) is 63.9 cm³/mol. The van der Waals surface area contributed by atoms with Crippen LogP contribution in [0.4, 0.5) is 8.78 Å². The number of benzene rings is 1. The third-order valence-corrected chi connectivity index (χ3v) is 3.21. The van der Waals surface area contributed by atoms with E-state index in [-0.39, 0.29) is 0 Å². The molecule has 0 aliphatic carbocycles. The standard InChI is InChI=1S/C13H13F2N3/c1-17-4-5-18-7-12(16-13(18)8-17)9-2-3-10(14)11(15)6-9/h2-3,6-7H,4-5,8H2,1H3. The molecule has 0 radical (unpaired) electrons. The van der Waals surface area contributed by atoms with Gasteiger partial charge < -0.3 is 4.57 Å². The van der Waals surface area contributed by atoms with Crippen LogP contribution in [-0.2, 0) is 13.1 Å². The first-order chi connectivity index (χ1) is 8.63. The summed E-state index contributed by atoms with van der Waals surface area (Å²) in [6, 6.07) is 3.87. The molecule has 0 bridgehead atoms. The summed E-state index contributed by atoms with van der Waals surface area (Å²) in [6.45, 7) is 2.63. The van der Waals surface area contributed by atoms with Gasteiger partial charge in [-0.2, -0.15) is 0 Å². The molecule has 0 saturated heterocycles. The van der Waals surface area contributed by atoms with Crippen molar-refractivity contribution in [3.8, 4) is 11.3 Å². The quantitative estimate of drug-likeness (QED) is 0.773. The molecule has 1 aliphatic rings. The highest BCUT2D eigenvalue weighted by molar-refractivity contribution is 5.58. The third kappa shape index (κ3) is 1.90. The Morgan fingerprint density at radius 3 is 2.78 bits per heavy atom. The molecule has 0 spiro atoms. The van der Waals surface area contributed by atoms with Gasteiger partial charge in [-0.3, -0.25) is 4.90 Å². The maximum absolute atomic E-state index is 13.2. The zero-order valence-corrected chi connectivity index (χ0v) is 10.0. The van der Waals surface area contributed by atoms with Crippen LogP contribution in [0.3, 0.4) is 0 Å². The monoisotopic (exact) mass is 249 g/mol. The number of hydrogen-bond acceptors (Lipinski definition) is 2. The fourth-order valence-electron chi connectivity index (χ4n) is 2.17. The summed E-state index contributed by atoms with van der Waals surface area (Å²) in [5.74, 6) is -0.707. The van der Waals surface area contributed by atoms with Crippen LogP contribution >= 0.6 is 0 Å². The number of aromatic nitrogens is 2. The lowest BCUT2D eigenvalue weighted by Gasteiger charge is -2.22. The molecule has 0 fully saturated rings. The second-order valence-corrected chi connectivity index (χ2v) is 4.60. The van der Waals surface area contributed by atoms with Gasteiger partial charge in [-0.25, -0.2) is 13.8 Å². The lowest BCUT2D eigenvalue weighted by Crippen LogP contribution is -2.30. The van der Waals surface area contributed by atoms with Gasteiger partial charge in [0, 0.05) is 24.8 Å². The minimum Gasteiger partial charge on any atom is -0.332 e. The SMILES string of the molecule is CN1CCn2cc(-c3ccc(F)c(F)c3)nc2C1. The Labute approximate surface area is 104 Å². The van der Waals surface area contributed by atoms with Crippen LogP contribution in [-0.4, -0.2) is 28.0 Å². The van der Waals surface area contributed by atoms with Gasteiger partial charge in [-0.05, 0) is 25.2 Å². The van der Waals surface area contributed by atoms with Gasteiger partial charge in [0.2, 0.25) is 0 Å². The molecular weight excluding hydrogens is 236 g/mol. The smallest absolute Gasteiger partial charge is 0.159 e. The van der Waals surface area contributed by atoms with Gasteiger partial charge in [0.1, 0.15) is 5.82 Å². The van der Waals surface area contributed by atoms with E-state index in [2.05, 4.69) is 14.5 Å². The number of nitrogens with zero attached hydrogens (tertiary/aromatic N) is 3. The van der Waals surface area contributed by atoms with Crippen LogP contribution < -0.4 is 0 Å². The lowest BCUT2D eigenvalue weighted by atomic mass is 10.1. The van der Waals surface area contributed by atoms with E-state index >= 15 is 0 Å². The summed E-state index contributed by atoms with van der Waals surface area (Å²) in [5, 5.41) is 0. The summed E-state index contributed by atoms with van der Waals surface area (Å²) < 4.78 is 28.1. The molecule has 0 saturated carbocycles. The molecule has 1 aliphatic heterocycles. The maximum Gasteiger partial charge on any atom is 0.159 e. The number of likely N-dealkylation sites (N-methyl/N-ethyl adjacent to an activating group) is 1. The minimum absolute atomic E-state index is 0.610. The van der Waals surface area contributed by atoms with E-state index in [1.54, 1.807) is 6.07 Å². The van der Waals surface area contributed by atoms with Gasteiger partial charge in [0.15, 0.2) is 11.6 Å². The van der Waals surface area contributed by atoms with Gasteiger partial charge >= 0.3 is 0 Å². The second-order valence-electron chi connectivity index (χ2n) is 4.60. The summed E-state index contributed by atoms with van der Waals surface area (Å²) in [6.07, 6.45) is 1.90. The Bertz CT molecular complexity index is 592. The van der Waals surface area contributed by atoms with Crippen LogP contribution in [0.25, 0.3) is 11.3 Å². The molecule has 3 rings (SSSR count). The van der Waals surface area contributed by atoms with Crippen LogP contribution in [0, 0.1) is 11.6 Å². The number of rotatable bonds is 1. The molecule has 1 aromatic carbocycles. The first-order valence-corrected chi connectivity index (χ1v) is 5.83. The fraction of sp³-hybridized carbons (Fsp3) is 0.308. The maximum atomic E-state index is 13.2. The van der Waals surface area contributed by atoms with E-state index in [4.69, 9.17) is 0 Å². The van der Waals surface area contributed by atoms with Crippen molar-refractivity contribution < 1.29 is 8.78 Å². The molecule has 0 amide bonds. The van der Waals surface area contributed by atoms with E-state index < -0.39 is 11.6 Å². The lowest BCUT2D eigenvalue weighted by molar-refractivity contribution is 0.264. The number of hydrogen-bond donors (Lipinski definition) is 0. The Morgan fingerprint density at radius 2 is 2.00 bits per heavy atom. The third-order valence-electron chi connectivity index (χ3n) is 3.21. The van der Waals surface area contributed by atoms with Gasteiger partial charge in [0.25, 0.3) is 0 Å². The average Bonchev–Trinajstić information content (AvgIpc) is 2.75. The average molecular weight is 249 g/mol. The molecule has 5 heteroatoms. The van der Waals surface area contributed by atoms with Crippen LogP contribution in [0.15, 0.2) is 24.4 Å². The number of imidazole rings is 1. The van der Waals surface area contributed by atoms with Gasteiger partial charge in [-0.1, -0.05) is 0 Å². The predicted octanol–water partition coefficient (Wildman–Crippen LogP) is 2.27. The Morgan fingerprint density at radius 1 is 1.17 bits per heavy atom. The molecule has 1 aromatic heterocycles. The van der Waals surface area contributed by atoms with E-state index in [1.165, 1.54) is 6.07 Å². The molecule has 0 N–H and O–H groups in total. The molecule has 2 aromatic rings. The zero-order valence-electron chi connectivity index (χ0n) is 10.0. The fourth-order valence-corrected chi connectivity index (χ4v) is 2.17. The van der Waals surface area contributed by atoms with Crippen molar-refractivity contribution in [3.63, 3.8) is 0 Å². The highest BCUT2D eigenvalue weighted by Gasteiger charge is 2.16. The molecule has 18 heavy (non-hydrogen) atoms. The van der Waals surface area contributed by atoms with Crippen LogP contribution in [0.1, 0.15) is 5.82 Å². The summed E-state index contributed by atoms with van der Waals surface area (Å²) in [7, 11) is 2.04. The van der Waals surface area contributed by atoms with Crippen molar-refractivity contribution in [2.24, 2.45) is 0 Å². The first kappa shape index (κ1) is 11.3. The topological polar surface area (TPSA) is 21.1 Å². The molecular formula is C13H13F2N3. The molecule has 0 atom stereocenters. The summed E-state index contributed by atoms with van der Waals surface area (Å²) in [4.78, 5) is 6.65. The normalized spacial score (nSPS) is 15.7. The van der Waals surface area contributed by atoms with Crippen molar-refractivity contribution in [3.05, 3.63) is 41.9 Å². The van der Waals surface area contributed by atoms with Crippen molar-refractivity contribution in [2.45, 2.75) is 13.1 Å². The number of halogens is 2. The molecule has 3 nitrogen and oxygen atoms in total. The Balaban J connectivity index is 2.00. The van der Waals surface area contributed by atoms with Gasteiger partial charge in [-0.15, -0.1) is 0 Å². The highest BCUT2D eigenvalue weighted by Crippen LogP contribution is 2.22. The van der Waals surface area contributed by atoms with Crippen molar-refractivity contribution in [2.75, 3.05) is 13.6 Å². The van der Waals surface area contributed by atoms with Crippen molar-refractivity contribution in [1.29, 1.82) is 0 Å². The van der Waals surface area contributed by atoms with Crippen LogP contribution in [0.2, 0.25) is 0 Å². The van der Waals surface area contributed by atoms with Crippen molar-refractivity contribution >= 4 is 0 Å². The Kier molecular flexibility index (Phi) is 2.63. The zero-order chi connectivity index (χ0) is 12.7. The van der Waals surface area contributed by atoms with Crippen LogP contribution in [0.5, 0.6) is 0 Å². The summed E-state index contributed by atoms with van der Waals surface area (Å²) in [5.41, 5.74) is 1.30. The van der Waals surface area contributed by atoms with E-state index in [0.29, 0.717) is 11.3 Å². The van der Waals surface area contributed by atoms with Crippen molar-refractivity contribution in [1.82, 2.24) is 14.5 Å². The Hall–Kier alpha value is -1.75. The first-order valence-electron chi connectivity index (χ1n) is 5.83. The second kappa shape index (κ2) is 4.17. The van der Waals surface area contributed by atoms with E-state index in [0.717, 1.165) is 31.5 Å².